The Morgan fingerprint density at radius 1 is 1.06 bits per heavy atom. The van der Waals surface area contributed by atoms with E-state index in [0.29, 0.717) is 6.42 Å². The second kappa shape index (κ2) is 12.9. The molecule has 0 aliphatic carbocycles. The van der Waals surface area contributed by atoms with Crippen molar-refractivity contribution in [1.29, 1.82) is 0 Å². The fourth-order valence-electron chi connectivity index (χ4n) is 1.60. The molecule has 0 saturated carbocycles. The molecule has 0 aromatic rings. The normalized spacial score (nSPS) is 10.4. The summed E-state index contributed by atoms with van der Waals surface area (Å²) in [6.45, 7) is 3.10. The van der Waals surface area contributed by atoms with Crippen molar-refractivity contribution in [3.8, 4) is 0 Å². The van der Waals surface area contributed by atoms with E-state index in [9.17, 15) is 4.79 Å². The molecule has 0 radical (unpaired) electrons. The van der Waals surface area contributed by atoms with Crippen LogP contribution in [-0.2, 0) is 4.79 Å². The maximum atomic E-state index is 11.3. The molecule has 16 heavy (non-hydrogen) atoms. The monoisotopic (exact) mass is 245 g/mol. The zero-order valence-corrected chi connectivity index (χ0v) is 11.7. The Balaban J connectivity index is 3.09. The largest absolute Gasteiger partial charge is 0.356 e. The molecular formula is C13H27NOS. The van der Waals surface area contributed by atoms with E-state index in [1.54, 1.807) is 11.8 Å². The summed E-state index contributed by atoms with van der Waals surface area (Å²) < 4.78 is 0. The van der Waals surface area contributed by atoms with Gasteiger partial charge in [-0.3, -0.25) is 4.79 Å². The Hall–Kier alpha value is -0.180. The predicted molar refractivity (Wildman–Crippen MR) is 74.0 cm³/mol. The van der Waals surface area contributed by atoms with Crippen molar-refractivity contribution in [3.05, 3.63) is 0 Å². The molecule has 0 aromatic carbocycles. The summed E-state index contributed by atoms with van der Waals surface area (Å²) in [6.07, 6.45) is 11.5. The summed E-state index contributed by atoms with van der Waals surface area (Å²) in [6, 6.07) is 0. The van der Waals surface area contributed by atoms with Crippen LogP contribution in [0.2, 0.25) is 0 Å². The van der Waals surface area contributed by atoms with Crippen molar-refractivity contribution < 1.29 is 4.79 Å². The highest BCUT2D eigenvalue weighted by atomic mass is 32.2. The molecule has 0 unspecified atom stereocenters. The average Bonchev–Trinajstić information content (AvgIpc) is 2.28. The van der Waals surface area contributed by atoms with Crippen molar-refractivity contribution in [2.24, 2.45) is 0 Å². The fraction of sp³-hybridized carbons (Fsp3) is 0.923. The van der Waals surface area contributed by atoms with Gasteiger partial charge in [-0.25, -0.2) is 0 Å². The first-order valence-corrected chi connectivity index (χ1v) is 7.96. The van der Waals surface area contributed by atoms with Crippen LogP contribution < -0.4 is 5.32 Å². The van der Waals surface area contributed by atoms with Crippen molar-refractivity contribution in [2.75, 3.05) is 18.6 Å². The van der Waals surface area contributed by atoms with E-state index < -0.39 is 0 Å². The highest BCUT2D eigenvalue weighted by Gasteiger charge is 1.99. The van der Waals surface area contributed by atoms with Gasteiger partial charge in [-0.1, -0.05) is 39.0 Å². The lowest BCUT2D eigenvalue weighted by Gasteiger charge is -2.04. The number of amides is 1. The van der Waals surface area contributed by atoms with Gasteiger partial charge in [-0.2, -0.15) is 11.8 Å². The molecule has 1 N–H and O–H groups in total. The van der Waals surface area contributed by atoms with Gasteiger partial charge in [0, 0.05) is 13.0 Å². The first kappa shape index (κ1) is 15.8. The van der Waals surface area contributed by atoms with Crippen molar-refractivity contribution in [2.45, 2.75) is 58.3 Å². The Morgan fingerprint density at radius 2 is 1.75 bits per heavy atom. The molecule has 2 nitrogen and oxygen atoms in total. The third kappa shape index (κ3) is 11.9. The Kier molecular flexibility index (Phi) is 12.7. The molecule has 3 heteroatoms. The summed E-state index contributed by atoms with van der Waals surface area (Å²) >= 11 is 1.80. The van der Waals surface area contributed by atoms with Gasteiger partial charge in [0.05, 0.1) is 0 Å². The molecule has 0 saturated heterocycles. The molecular weight excluding hydrogens is 218 g/mol. The van der Waals surface area contributed by atoms with Crippen LogP contribution >= 0.6 is 11.8 Å². The maximum Gasteiger partial charge on any atom is 0.220 e. The van der Waals surface area contributed by atoms with E-state index >= 15 is 0 Å². The van der Waals surface area contributed by atoms with E-state index in [2.05, 4.69) is 18.5 Å². The third-order valence-corrected chi connectivity index (χ3v) is 3.30. The number of hydrogen-bond donors (Lipinski definition) is 1. The quantitative estimate of drug-likeness (QED) is 0.563. The predicted octanol–water partition coefficient (Wildman–Crippen LogP) is 3.61. The fourth-order valence-corrected chi connectivity index (χ4v) is 2.03. The molecule has 0 rings (SSSR count). The lowest BCUT2D eigenvalue weighted by Crippen LogP contribution is -2.24. The van der Waals surface area contributed by atoms with Crippen LogP contribution in [0.4, 0.5) is 0 Å². The molecule has 0 heterocycles. The maximum absolute atomic E-state index is 11.3. The number of unbranched alkanes of at least 4 members (excludes halogenated alkanes) is 5. The highest BCUT2D eigenvalue weighted by molar-refractivity contribution is 7.98. The van der Waals surface area contributed by atoms with Gasteiger partial charge in [0.1, 0.15) is 0 Å². The number of carbonyl (C=O) groups is 1. The number of hydrogen-bond acceptors (Lipinski definition) is 2. The van der Waals surface area contributed by atoms with Crippen LogP contribution in [0.3, 0.4) is 0 Å². The molecule has 0 aliphatic heterocycles. The summed E-state index contributed by atoms with van der Waals surface area (Å²) in [4.78, 5) is 11.3. The molecule has 0 aliphatic rings. The minimum atomic E-state index is 0.225. The minimum absolute atomic E-state index is 0.225. The van der Waals surface area contributed by atoms with Gasteiger partial charge in [0.25, 0.3) is 0 Å². The van der Waals surface area contributed by atoms with Crippen LogP contribution in [-0.4, -0.2) is 24.5 Å². The van der Waals surface area contributed by atoms with E-state index in [-0.39, 0.29) is 5.91 Å². The standard InChI is InChI=1S/C13H27NOS/c1-3-4-5-6-7-8-11-14-13(15)10-9-12-16-2/h3-12H2,1-2H3,(H,14,15). The van der Waals surface area contributed by atoms with Gasteiger partial charge in [0.2, 0.25) is 5.91 Å². The Labute approximate surface area is 105 Å². The SMILES string of the molecule is CCCCCCCCNC(=O)CCCSC. The zero-order valence-electron chi connectivity index (χ0n) is 10.9. The van der Waals surface area contributed by atoms with Gasteiger partial charge >= 0.3 is 0 Å². The van der Waals surface area contributed by atoms with Gasteiger partial charge in [-0.05, 0) is 24.9 Å². The first-order valence-electron chi connectivity index (χ1n) is 6.57. The number of nitrogens with one attached hydrogen (secondary N) is 1. The second-order valence-electron chi connectivity index (χ2n) is 4.21. The van der Waals surface area contributed by atoms with E-state index in [0.717, 1.165) is 25.1 Å². The van der Waals surface area contributed by atoms with Crippen LogP contribution in [0.25, 0.3) is 0 Å². The lowest BCUT2D eigenvalue weighted by atomic mass is 10.1. The van der Waals surface area contributed by atoms with E-state index in [1.807, 2.05) is 0 Å². The molecule has 0 spiro atoms. The highest BCUT2D eigenvalue weighted by Crippen LogP contribution is 2.04. The minimum Gasteiger partial charge on any atom is -0.356 e. The smallest absolute Gasteiger partial charge is 0.220 e. The van der Waals surface area contributed by atoms with Crippen molar-refractivity contribution >= 4 is 17.7 Å². The van der Waals surface area contributed by atoms with Crippen LogP contribution in [0.5, 0.6) is 0 Å². The molecule has 0 bridgehead atoms. The summed E-state index contributed by atoms with van der Waals surface area (Å²) in [7, 11) is 0. The first-order chi connectivity index (χ1) is 7.81. The molecule has 0 fully saturated rings. The molecule has 1 amide bonds. The van der Waals surface area contributed by atoms with Crippen molar-refractivity contribution in [1.82, 2.24) is 5.32 Å². The lowest BCUT2D eigenvalue weighted by molar-refractivity contribution is -0.121. The van der Waals surface area contributed by atoms with E-state index in [4.69, 9.17) is 0 Å². The van der Waals surface area contributed by atoms with Crippen molar-refractivity contribution in [3.63, 3.8) is 0 Å². The van der Waals surface area contributed by atoms with Crippen LogP contribution in [0, 0.1) is 0 Å². The molecule has 0 aromatic heterocycles. The van der Waals surface area contributed by atoms with Gasteiger partial charge in [0.15, 0.2) is 0 Å². The van der Waals surface area contributed by atoms with Gasteiger partial charge in [-0.15, -0.1) is 0 Å². The van der Waals surface area contributed by atoms with E-state index in [1.165, 1.54) is 32.1 Å². The van der Waals surface area contributed by atoms with Crippen LogP contribution in [0.15, 0.2) is 0 Å². The number of carbonyl (C=O) groups excluding carboxylic acids is 1. The Morgan fingerprint density at radius 3 is 2.44 bits per heavy atom. The summed E-state index contributed by atoms with van der Waals surface area (Å²) in [5.41, 5.74) is 0. The summed E-state index contributed by atoms with van der Waals surface area (Å²) in [5, 5.41) is 2.98. The second-order valence-corrected chi connectivity index (χ2v) is 5.20. The van der Waals surface area contributed by atoms with Gasteiger partial charge < -0.3 is 5.32 Å². The molecule has 96 valence electrons. The number of thioether (sulfide) groups is 1. The third-order valence-electron chi connectivity index (χ3n) is 2.60. The average molecular weight is 245 g/mol. The topological polar surface area (TPSA) is 29.1 Å². The number of rotatable bonds is 11. The Bertz CT molecular complexity index is 162. The summed E-state index contributed by atoms with van der Waals surface area (Å²) in [5.74, 6) is 1.31. The molecule has 0 atom stereocenters. The zero-order chi connectivity index (χ0) is 12.1. The van der Waals surface area contributed by atoms with Crippen LogP contribution in [0.1, 0.15) is 58.3 Å².